The Morgan fingerprint density at radius 1 is 1.58 bits per heavy atom. The van der Waals surface area contributed by atoms with E-state index >= 15 is 0 Å². The number of fused-ring (bicyclic) bond motifs is 1. The minimum Gasteiger partial charge on any atom is -0.481 e. The molecular weight excluding hydrogens is 152 g/mol. The molecule has 1 N–H and O–H groups in total. The van der Waals surface area contributed by atoms with Crippen molar-refractivity contribution in [3.8, 4) is 0 Å². The van der Waals surface area contributed by atoms with Gasteiger partial charge in [-0.3, -0.25) is 4.79 Å². The molecule has 2 nitrogen and oxygen atoms in total. The standard InChI is InChI=1S/C10H10O2/c1-6-3-2-4-7-8(6)5-9(7)10(11)12/h2-4,9H,5H2,1H3,(H,11,12). The molecule has 1 atom stereocenters. The topological polar surface area (TPSA) is 37.3 Å². The molecule has 0 spiro atoms. The molecular formula is C10H10O2. The van der Waals surface area contributed by atoms with Crippen molar-refractivity contribution >= 4 is 5.97 Å². The number of hydrogen-bond donors (Lipinski definition) is 1. The summed E-state index contributed by atoms with van der Waals surface area (Å²) in [5.41, 5.74) is 3.44. The van der Waals surface area contributed by atoms with Gasteiger partial charge in [-0.05, 0) is 30.0 Å². The van der Waals surface area contributed by atoms with Crippen molar-refractivity contribution in [1.82, 2.24) is 0 Å². The molecule has 1 aliphatic rings. The van der Waals surface area contributed by atoms with Crippen molar-refractivity contribution in [3.63, 3.8) is 0 Å². The number of carboxylic acid groups (broad SMARTS) is 1. The van der Waals surface area contributed by atoms with E-state index in [0.29, 0.717) is 6.42 Å². The van der Waals surface area contributed by atoms with Crippen molar-refractivity contribution in [1.29, 1.82) is 0 Å². The van der Waals surface area contributed by atoms with Crippen LogP contribution in [0.15, 0.2) is 18.2 Å². The highest BCUT2D eigenvalue weighted by Gasteiger charge is 2.32. The Morgan fingerprint density at radius 2 is 2.33 bits per heavy atom. The first-order chi connectivity index (χ1) is 5.70. The van der Waals surface area contributed by atoms with E-state index in [0.717, 1.165) is 5.56 Å². The Labute approximate surface area is 70.8 Å². The molecule has 1 unspecified atom stereocenters. The summed E-state index contributed by atoms with van der Waals surface area (Å²) in [5, 5.41) is 8.77. The molecule has 62 valence electrons. The van der Waals surface area contributed by atoms with Crippen LogP contribution in [-0.4, -0.2) is 11.1 Å². The highest BCUT2D eigenvalue weighted by molar-refractivity contribution is 5.80. The van der Waals surface area contributed by atoms with E-state index in [1.165, 1.54) is 11.1 Å². The minimum atomic E-state index is -0.701. The SMILES string of the molecule is Cc1cccc2c1CC2C(=O)O. The van der Waals surface area contributed by atoms with Crippen molar-refractivity contribution in [2.24, 2.45) is 0 Å². The van der Waals surface area contributed by atoms with Crippen LogP contribution in [0.4, 0.5) is 0 Å². The van der Waals surface area contributed by atoms with Gasteiger partial charge in [-0.1, -0.05) is 18.2 Å². The van der Waals surface area contributed by atoms with Gasteiger partial charge < -0.3 is 5.11 Å². The van der Waals surface area contributed by atoms with Gasteiger partial charge in [0, 0.05) is 0 Å². The molecule has 0 fully saturated rings. The maximum absolute atomic E-state index is 10.7. The minimum absolute atomic E-state index is 0.250. The zero-order chi connectivity index (χ0) is 8.72. The Hall–Kier alpha value is -1.31. The molecule has 2 heteroatoms. The fourth-order valence-corrected chi connectivity index (χ4v) is 1.73. The summed E-state index contributed by atoms with van der Waals surface area (Å²) in [6.07, 6.45) is 0.706. The van der Waals surface area contributed by atoms with Crippen LogP contribution >= 0.6 is 0 Å². The molecule has 1 aromatic rings. The summed E-state index contributed by atoms with van der Waals surface area (Å²) in [7, 11) is 0. The van der Waals surface area contributed by atoms with Crippen molar-refractivity contribution in [2.45, 2.75) is 19.3 Å². The second-order valence-corrected chi connectivity index (χ2v) is 3.24. The molecule has 0 radical (unpaired) electrons. The number of carbonyl (C=O) groups is 1. The monoisotopic (exact) mass is 162 g/mol. The van der Waals surface area contributed by atoms with Crippen LogP contribution in [0.3, 0.4) is 0 Å². The van der Waals surface area contributed by atoms with Crippen LogP contribution in [0.5, 0.6) is 0 Å². The lowest BCUT2D eigenvalue weighted by Crippen LogP contribution is -2.25. The molecule has 0 amide bonds. The lowest BCUT2D eigenvalue weighted by atomic mass is 9.75. The molecule has 12 heavy (non-hydrogen) atoms. The van der Waals surface area contributed by atoms with Gasteiger partial charge in [0.15, 0.2) is 0 Å². The summed E-state index contributed by atoms with van der Waals surface area (Å²) < 4.78 is 0. The molecule has 0 bridgehead atoms. The highest BCUT2D eigenvalue weighted by Crippen LogP contribution is 2.36. The number of benzene rings is 1. The third kappa shape index (κ3) is 0.843. The van der Waals surface area contributed by atoms with Crippen molar-refractivity contribution < 1.29 is 9.90 Å². The zero-order valence-electron chi connectivity index (χ0n) is 6.87. The summed E-state index contributed by atoms with van der Waals surface area (Å²) in [4.78, 5) is 10.7. The smallest absolute Gasteiger partial charge is 0.311 e. The van der Waals surface area contributed by atoms with Gasteiger partial charge in [-0.2, -0.15) is 0 Å². The Morgan fingerprint density at radius 3 is 3.00 bits per heavy atom. The average molecular weight is 162 g/mol. The van der Waals surface area contributed by atoms with E-state index in [1.54, 1.807) is 0 Å². The van der Waals surface area contributed by atoms with Crippen LogP contribution in [0, 0.1) is 6.92 Å². The molecule has 2 rings (SSSR count). The number of hydrogen-bond acceptors (Lipinski definition) is 1. The van der Waals surface area contributed by atoms with Crippen molar-refractivity contribution in [3.05, 3.63) is 34.9 Å². The van der Waals surface area contributed by atoms with Gasteiger partial charge >= 0.3 is 5.97 Å². The lowest BCUT2D eigenvalue weighted by molar-refractivity contribution is -0.139. The maximum Gasteiger partial charge on any atom is 0.311 e. The Bertz CT molecular complexity index is 342. The van der Waals surface area contributed by atoms with Crippen LogP contribution < -0.4 is 0 Å². The van der Waals surface area contributed by atoms with Crippen LogP contribution in [-0.2, 0) is 11.2 Å². The van der Waals surface area contributed by atoms with Gasteiger partial charge in [0.05, 0.1) is 5.92 Å². The Kier molecular flexibility index (Phi) is 1.43. The normalized spacial score (nSPS) is 19.6. The first-order valence-corrected chi connectivity index (χ1v) is 4.01. The van der Waals surface area contributed by atoms with Gasteiger partial charge in [0.25, 0.3) is 0 Å². The third-order valence-electron chi connectivity index (χ3n) is 2.53. The summed E-state index contributed by atoms with van der Waals surface area (Å²) in [6.45, 7) is 2.02. The summed E-state index contributed by atoms with van der Waals surface area (Å²) >= 11 is 0. The molecule has 0 heterocycles. The van der Waals surface area contributed by atoms with Crippen LogP contribution in [0.25, 0.3) is 0 Å². The molecule has 0 saturated carbocycles. The number of aryl methyl sites for hydroxylation is 1. The quantitative estimate of drug-likeness (QED) is 0.682. The number of rotatable bonds is 1. The number of carboxylic acids is 1. The molecule has 0 aromatic heterocycles. The first kappa shape index (κ1) is 7.35. The first-order valence-electron chi connectivity index (χ1n) is 4.01. The number of aliphatic carboxylic acids is 1. The molecule has 1 aliphatic carbocycles. The van der Waals surface area contributed by atoms with E-state index in [4.69, 9.17) is 5.11 Å². The Balaban J connectivity index is 2.42. The van der Waals surface area contributed by atoms with Crippen LogP contribution in [0.2, 0.25) is 0 Å². The molecule has 0 aliphatic heterocycles. The van der Waals surface area contributed by atoms with E-state index in [1.807, 2.05) is 25.1 Å². The van der Waals surface area contributed by atoms with Crippen LogP contribution in [0.1, 0.15) is 22.6 Å². The van der Waals surface area contributed by atoms with Gasteiger partial charge in [0.2, 0.25) is 0 Å². The van der Waals surface area contributed by atoms with Gasteiger partial charge in [-0.25, -0.2) is 0 Å². The van der Waals surface area contributed by atoms with Gasteiger partial charge in [0.1, 0.15) is 0 Å². The fraction of sp³-hybridized carbons (Fsp3) is 0.300. The summed E-state index contributed by atoms with van der Waals surface area (Å²) in [5.74, 6) is -0.951. The maximum atomic E-state index is 10.7. The summed E-state index contributed by atoms with van der Waals surface area (Å²) in [6, 6.07) is 5.85. The highest BCUT2D eigenvalue weighted by atomic mass is 16.4. The van der Waals surface area contributed by atoms with E-state index in [2.05, 4.69) is 0 Å². The predicted octanol–water partition coefficient (Wildman–Crippen LogP) is 1.72. The van der Waals surface area contributed by atoms with E-state index in [-0.39, 0.29) is 5.92 Å². The second-order valence-electron chi connectivity index (χ2n) is 3.24. The van der Waals surface area contributed by atoms with Crippen molar-refractivity contribution in [2.75, 3.05) is 0 Å². The second kappa shape index (κ2) is 2.34. The third-order valence-corrected chi connectivity index (χ3v) is 2.53. The fourth-order valence-electron chi connectivity index (χ4n) is 1.73. The average Bonchev–Trinajstić information content (AvgIpc) is 1.92. The molecule has 1 aromatic carbocycles. The van der Waals surface area contributed by atoms with E-state index in [9.17, 15) is 4.79 Å². The lowest BCUT2D eigenvalue weighted by Gasteiger charge is -2.28. The zero-order valence-corrected chi connectivity index (χ0v) is 6.87. The molecule has 0 saturated heterocycles. The van der Waals surface area contributed by atoms with Gasteiger partial charge in [-0.15, -0.1) is 0 Å². The predicted molar refractivity (Wildman–Crippen MR) is 45.3 cm³/mol. The van der Waals surface area contributed by atoms with E-state index < -0.39 is 5.97 Å². The largest absolute Gasteiger partial charge is 0.481 e.